The van der Waals surface area contributed by atoms with E-state index in [1.54, 1.807) is 42.5 Å². The zero-order chi connectivity index (χ0) is 24.9. The Hall–Kier alpha value is -4.17. The Labute approximate surface area is 205 Å². The van der Waals surface area contributed by atoms with Crippen LogP contribution in [0.2, 0.25) is 5.02 Å². The van der Waals surface area contributed by atoms with Gasteiger partial charge in [-0.2, -0.15) is 0 Å². The van der Waals surface area contributed by atoms with Crippen molar-refractivity contribution in [2.75, 3.05) is 11.5 Å². The number of ether oxygens (including phenoxy) is 2. The molecule has 1 saturated heterocycles. The predicted octanol–water partition coefficient (Wildman–Crippen LogP) is 5.12. The van der Waals surface area contributed by atoms with Gasteiger partial charge in [-0.15, -0.1) is 0 Å². The van der Waals surface area contributed by atoms with Crippen LogP contribution in [-0.2, 0) is 16.2 Å². The van der Waals surface area contributed by atoms with Crippen molar-refractivity contribution in [3.63, 3.8) is 0 Å². The number of carbonyl (C=O) groups is 3. The van der Waals surface area contributed by atoms with Crippen LogP contribution in [0.5, 0.6) is 11.5 Å². The first-order valence-electron chi connectivity index (χ1n) is 10.7. The number of amides is 4. The fraction of sp³-hybridized carbons (Fsp3) is 0.115. The molecule has 0 atom stereocenters. The van der Waals surface area contributed by atoms with Crippen molar-refractivity contribution in [1.82, 2.24) is 5.32 Å². The van der Waals surface area contributed by atoms with Gasteiger partial charge in [-0.25, -0.2) is 14.1 Å². The summed E-state index contributed by atoms with van der Waals surface area (Å²) in [5.74, 6) is -1.09. The summed E-state index contributed by atoms with van der Waals surface area (Å²) in [6.07, 6.45) is 1.37. The van der Waals surface area contributed by atoms with Crippen molar-refractivity contribution in [2.45, 2.75) is 13.5 Å². The van der Waals surface area contributed by atoms with E-state index >= 15 is 0 Å². The Morgan fingerprint density at radius 3 is 2.46 bits per heavy atom. The Balaban J connectivity index is 1.61. The average molecular weight is 495 g/mol. The quantitative estimate of drug-likeness (QED) is 0.364. The van der Waals surface area contributed by atoms with Crippen LogP contribution in [0.3, 0.4) is 0 Å². The van der Waals surface area contributed by atoms with Crippen molar-refractivity contribution in [3.05, 3.63) is 94.3 Å². The van der Waals surface area contributed by atoms with Crippen molar-refractivity contribution >= 4 is 41.2 Å². The van der Waals surface area contributed by atoms with Gasteiger partial charge in [-0.05, 0) is 66.6 Å². The molecule has 0 bridgehead atoms. The van der Waals surface area contributed by atoms with Gasteiger partial charge in [0.15, 0.2) is 11.5 Å². The third-order valence-electron chi connectivity index (χ3n) is 5.05. The Morgan fingerprint density at radius 2 is 1.74 bits per heavy atom. The van der Waals surface area contributed by atoms with Crippen LogP contribution in [0.1, 0.15) is 18.1 Å². The summed E-state index contributed by atoms with van der Waals surface area (Å²) in [4.78, 5) is 38.8. The molecule has 178 valence electrons. The van der Waals surface area contributed by atoms with Gasteiger partial charge in [0.25, 0.3) is 11.8 Å². The van der Waals surface area contributed by atoms with Crippen LogP contribution >= 0.6 is 11.6 Å². The highest BCUT2D eigenvalue weighted by atomic mass is 35.5. The molecule has 3 aromatic carbocycles. The summed E-state index contributed by atoms with van der Waals surface area (Å²) >= 11 is 5.99. The number of anilines is 1. The van der Waals surface area contributed by atoms with E-state index in [4.69, 9.17) is 21.1 Å². The van der Waals surface area contributed by atoms with Gasteiger partial charge in [-0.3, -0.25) is 14.9 Å². The fourth-order valence-electron chi connectivity index (χ4n) is 3.42. The molecule has 4 amide bonds. The van der Waals surface area contributed by atoms with Crippen LogP contribution in [0, 0.1) is 5.82 Å². The van der Waals surface area contributed by atoms with E-state index in [0.29, 0.717) is 28.7 Å². The molecule has 0 radical (unpaired) electrons. The third-order valence-corrected chi connectivity index (χ3v) is 5.29. The summed E-state index contributed by atoms with van der Waals surface area (Å²) in [6, 6.07) is 16.2. The molecule has 7 nitrogen and oxygen atoms in total. The summed E-state index contributed by atoms with van der Waals surface area (Å²) in [7, 11) is 0. The Morgan fingerprint density at radius 1 is 0.971 bits per heavy atom. The van der Waals surface area contributed by atoms with Crippen molar-refractivity contribution in [3.8, 4) is 11.5 Å². The zero-order valence-electron chi connectivity index (χ0n) is 18.6. The molecule has 0 aliphatic carbocycles. The van der Waals surface area contributed by atoms with E-state index in [1.807, 2.05) is 6.92 Å². The molecule has 1 N–H and O–H groups in total. The molecular weight excluding hydrogens is 475 g/mol. The molecule has 0 unspecified atom stereocenters. The molecule has 3 aromatic rings. The molecule has 1 aliphatic rings. The Bertz CT molecular complexity index is 1320. The van der Waals surface area contributed by atoms with Crippen LogP contribution in [0.15, 0.2) is 72.3 Å². The van der Waals surface area contributed by atoms with E-state index in [1.165, 1.54) is 30.3 Å². The van der Waals surface area contributed by atoms with Gasteiger partial charge in [0, 0.05) is 5.02 Å². The lowest BCUT2D eigenvalue weighted by Gasteiger charge is -2.26. The minimum atomic E-state index is -0.862. The first-order chi connectivity index (χ1) is 16.9. The van der Waals surface area contributed by atoms with Crippen LogP contribution in [-0.4, -0.2) is 24.5 Å². The van der Waals surface area contributed by atoms with Crippen LogP contribution in [0.4, 0.5) is 14.9 Å². The lowest BCUT2D eigenvalue weighted by molar-refractivity contribution is -0.122. The normalized spacial score (nSPS) is 14.8. The van der Waals surface area contributed by atoms with Crippen LogP contribution in [0.25, 0.3) is 6.08 Å². The van der Waals surface area contributed by atoms with Crippen molar-refractivity contribution in [1.29, 1.82) is 0 Å². The number of hydrogen-bond donors (Lipinski definition) is 1. The number of hydrogen-bond acceptors (Lipinski definition) is 5. The first-order valence-corrected chi connectivity index (χ1v) is 11.0. The maximum absolute atomic E-state index is 13.1. The monoisotopic (exact) mass is 494 g/mol. The minimum absolute atomic E-state index is 0.193. The van der Waals surface area contributed by atoms with E-state index in [9.17, 15) is 18.8 Å². The molecule has 4 rings (SSSR count). The van der Waals surface area contributed by atoms with Gasteiger partial charge >= 0.3 is 6.03 Å². The summed E-state index contributed by atoms with van der Waals surface area (Å²) in [5.41, 5.74) is 1.27. The van der Waals surface area contributed by atoms with E-state index < -0.39 is 17.8 Å². The maximum Gasteiger partial charge on any atom is 0.335 e. The largest absolute Gasteiger partial charge is 0.490 e. The van der Waals surface area contributed by atoms with Crippen LogP contribution < -0.4 is 19.7 Å². The van der Waals surface area contributed by atoms with Gasteiger partial charge in [-0.1, -0.05) is 35.9 Å². The number of urea groups is 1. The average Bonchev–Trinajstić information content (AvgIpc) is 2.82. The second kappa shape index (κ2) is 10.4. The second-order valence-electron chi connectivity index (χ2n) is 7.49. The molecule has 9 heteroatoms. The summed E-state index contributed by atoms with van der Waals surface area (Å²) < 4.78 is 24.6. The number of halogens is 2. The number of rotatable bonds is 7. The SMILES string of the molecule is CCOc1cc(/C=C2\C(=O)NC(=O)N(c3cccc(Cl)c3)C2=O)ccc1OCc1ccc(F)cc1. The summed E-state index contributed by atoms with van der Waals surface area (Å²) in [6.45, 7) is 2.35. The van der Waals surface area contributed by atoms with Gasteiger partial charge in [0.1, 0.15) is 18.0 Å². The van der Waals surface area contributed by atoms with E-state index in [-0.39, 0.29) is 23.7 Å². The highest BCUT2D eigenvalue weighted by Crippen LogP contribution is 2.31. The first kappa shape index (κ1) is 24.0. The lowest BCUT2D eigenvalue weighted by Crippen LogP contribution is -2.54. The fourth-order valence-corrected chi connectivity index (χ4v) is 3.60. The number of benzene rings is 3. The zero-order valence-corrected chi connectivity index (χ0v) is 19.3. The molecule has 35 heavy (non-hydrogen) atoms. The molecule has 0 saturated carbocycles. The van der Waals surface area contributed by atoms with Gasteiger partial charge < -0.3 is 9.47 Å². The minimum Gasteiger partial charge on any atom is -0.490 e. The molecule has 0 spiro atoms. The van der Waals surface area contributed by atoms with Crippen molar-refractivity contribution < 1.29 is 28.2 Å². The highest BCUT2D eigenvalue weighted by Gasteiger charge is 2.36. The number of nitrogens with one attached hydrogen (secondary N) is 1. The molecule has 0 aromatic heterocycles. The van der Waals surface area contributed by atoms with E-state index in [2.05, 4.69) is 5.32 Å². The van der Waals surface area contributed by atoms with E-state index in [0.717, 1.165) is 10.5 Å². The summed E-state index contributed by atoms with van der Waals surface area (Å²) in [5, 5.41) is 2.51. The number of barbiturate groups is 1. The highest BCUT2D eigenvalue weighted by molar-refractivity contribution is 6.39. The molecular formula is C26H20ClFN2O5. The molecule has 1 aliphatic heterocycles. The smallest absolute Gasteiger partial charge is 0.335 e. The Kier molecular flexibility index (Phi) is 7.12. The number of nitrogens with zero attached hydrogens (tertiary/aromatic N) is 1. The number of carbonyl (C=O) groups excluding carboxylic acids is 3. The molecule has 1 fully saturated rings. The standard InChI is InChI=1S/C26H20ClFN2O5/c1-2-34-23-13-17(8-11-22(23)35-15-16-6-9-19(28)10-7-16)12-21-24(31)29-26(33)30(25(21)32)20-5-3-4-18(27)14-20/h3-14H,2,15H2,1H3,(H,29,31,33)/b21-12+. The van der Waals surface area contributed by atoms with Gasteiger partial charge in [0.2, 0.25) is 0 Å². The predicted molar refractivity (Wildman–Crippen MR) is 129 cm³/mol. The van der Waals surface area contributed by atoms with Crippen molar-refractivity contribution in [2.24, 2.45) is 0 Å². The topological polar surface area (TPSA) is 84.9 Å². The number of imide groups is 2. The molecule has 1 heterocycles. The van der Waals surface area contributed by atoms with Gasteiger partial charge in [0.05, 0.1) is 12.3 Å². The maximum atomic E-state index is 13.1. The second-order valence-corrected chi connectivity index (χ2v) is 7.93. The third kappa shape index (κ3) is 5.50. The lowest BCUT2D eigenvalue weighted by atomic mass is 10.1.